The lowest BCUT2D eigenvalue weighted by Crippen LogP contribution is -1.97. The molecule has 3 nitrogen and oxygen atoms in total. The topological polar surface area (TPSA) is 50.9 Å². The molecule has 0 saturated heterocycles. The summed E-state index contributed by atoms with van der Waals surface area (Å²) in [6.45, 7) is 0. The Morgan fingerprint density at radius 2 is 2.05 bits per heavy atom. The molecule has 96 valence electrons. The molecule has 0 saturated carbocycles. The molecular weight excluding hydrogens is 346 g/mol. The Kier molecular flexibility index (Phi) is 3.35. The maximum atomic E-state index is 6.13. The van der Waals surface area contributed by atoms with Gasteiger partial charge in [-0.25, -0.2) is 4.98 Å². The van der Waals surface area contributed by atoms with Crippen molar-refractivity contribution in [3.8, 4) is 0 Å². The van der Waals surface area contributed by atoms with Crippen LogP contribution in [0.3, 0.4) is 0 Å². The number of hydrogen-bond donors (Lipinski definition) is 2. The summed E-state index contributed by atoms with van der Waals surface area (Å²) < 4.78 is 2.00. The van der Waals surface area contributed by atoms with Crippen LogP contribution in [0.2, 0.25) is 5.02 Å². The molecule has 3 rings (SSSR count). The second kappa shape index (κ2) is 5.00. The van der Waals surface area contributed by atoms with Crippen LogP contribution in [0.25, 0.3) is 10.2 Å². The first kappa shape index (κ1) is 12.7. The molecule has 0 atom stereocenters. The lowest BCUT2D eigenvalue weighted by Gasteiger charge is -2.11. The Morgan fingerprint density at radius 1 is 1.21 bits per heavy atom. The highest BCUT2D eigenvalue weighted by atomic mass is 79.9. The highest BCUT2D eigenvalue weighted by Crippen LogP contribution is 2.34. The van der Waals surface area contributed by atoms with Crippen LogP contribution in [0.1, 0.15) is 0 Å². The van der Waals surface area contributed by atoms with Crippen LogP contribution in [0.15, 0.2) is 40.3 Å². The zero-order valence-corrected chi connectivity index (χ0v) is 12.8. The fourth-order valence-corrected chi connectivity index (χ4v) is 3.01. The molecule has 0 fully saturated rings. The highest BCUT2D eigenvalue weighted by molar-refractivity contribution is 9.10. The highest BCUT2D eigenvalue weighted by Gasteiger charge is 2.08. The number of thiazole rings is 1. The van der Waals surface area contributed by atoms with E-state index in [-0.39, 0.29) is 0 Å². The molecule has 3 aromatic rings. The van der Waals surface area contributed by atoms with Crippen molar-refractivity contribution >= 4 is 66.1 Å². The van der Waals surface area contributed by atoms with E-state index in [2.05, 4.69) is 26.2 Å². The van der Waals surface area contributed by atoms with Crippen molar-refractivity contribution in [3.63, 3.8) is 0 Å². The van der Waals surface area contributed by atoms with Gasteiger partial charge in [-0.2, -0.15) is 0 Å². The van der Waals surface area contributed by atoms with Crippen LogP contribution < -0.4 is 11.1 Å². The number of hydrogen-bond acceptors (Lipinski definition) is 4. The third-order valence-corrected chi connectivity index (χ3v) is 4.46. The van der Waals surface area contributed by atoms with E-state index in [9.17, 15) is 0 Å². The van der Waals surface area contributed by atoms with Gasteiger partial charge in [0.15, 0.2) is 0 Å². The van der Waals surface area contributed by atoms with Gasteiger partial charge < -0.3 is 11.1 Å². The normalized spacial score (nSPS) is 10.8. The van der Waals surface area contributed by atoms with Gasteiger partial charge in [-0.3, -0.25) is 0 Å². The first-order chi connectivity index (χ1) is 9.15. The number of rotatable bonds is 2. The first-order valence-electron chi connectivity index (χ1n) is 5.49. The van der Waals surface area contributed by atoms with Gasteiger partial charge in [-0.05, 0) is 46.3 Å². The van der Waals surface area contributed by atoms with Crippen LogP contribution in [0.4, 0.5) is 17.1 Å². The zero-order valence-electron chi connectivity index (χ0n) is 9.65. The molecule has 1 heterocycles. The summed E-state index contributed by atoms with van der Waals surface area (Å²) >= 11 is 11.0. The minimum absolute atomic E-state index is 0.644. The summed E-state index contributed by atoms with van der Waals surface area (Å²) in [5, 5.41) is 3.94. The number of halogens is 2. The molecule has 3 N–H and O–H groups in total. The summed E-state index contributed by atoms with van der Waals surface area (Å²) in [6, 6.07) is 9.51. The Balaban J connectivity index is 2.05. The summed E-state index contributed by atoms with van der Waals surface area (Å²) in [6.07, 6.45) is 0. The quantitative estimate of drug-likeness (QED) is 0.634. The molecule has 1 aromatic heterocycles. The maximum Gasteiger partial charge on any atom is 0.106 e. The van der Waals surface area contributed by atoms with Crippen molar-refractivity contribution in [2.24, 2.45) is 0 Å². The third kappa shape index (κ3) is 2.41. The predicted octanol–water partition coefficient (Wildman–Crippen LogP) is 5.04. The minimum Gasteiger partial charge on any atom is -0.395 e. The standard InChI is InChI=1S/C13H9BrClN3S/c14-8-2-1-7(15)5-10(8)18-9-3-4-11-13(12(9)16)17-6-19-11/h1-6,18H,16H2. The van der Waals surface area contributed by atoms with E-state index >= 15 is 0 Å². The number of aromatic nitrogens is 1. The predicted molar refractivity (Wildman–Crippen MR) is 86.5 cm³/mol. The van der Waals surface area contributed by atoms with Crippen LogP contribution in [-0.2, 0) is 0 Å². The minimum atomic E-state index is 0.644. The van der Waals surface area contributed by atoms with Crippen molar-refractivity contribution < 1.29 is 0 Å². The lowest BCUT2D eigenvalue weighted by atomic mass is 10.2. The Hall–Kier alpha value is -1.30. The average molecular weight is 355 g/mol. The number of anilines is 3. The van der Waals surface area contributed by atoms with Gasteiger partial charge in [-0.15, -0.1) is 11.3 Å². The smallest absolute Gasteiger partial charge is 0.106 e. The second-order valence-electron chi connectivity index (χ2n) is 3.98. The molecule has 19 heavy (non-hydrogen) atoms. The first-order valence-corrected chi connectivity index (χ1v) is 7.54. The van der Waals surface area contributed by atoms with Crippen LogP contribution >= 0.6 is 38.9 Å². The molecule has 0 aliphatic rings. The monoisotopic (exact) mass is 353 g/mol. The lowest BCUT2D eigenvalue weighted by molar-refractivity contribution is 1.48. The summed E-state index contributed by atoms with van der Waals surface area (Å²) in [5.41, 5.74) is 11.1. The molecule has 0 spiro atoms. The molecule has 0 bridgehead atoms. The van der Waals surface area contributed by atoms with E-state index in [0.29, 0.717) is 10.7 Å². The molecule has 2 aromatic carbocycles. The van der Waals surface area contributed by atoms with Crippen molar-refractivity contribution in [1.29, 1.82) is 0 Å². The van der Waals surface area contributed by atoms with Gasteiger partial charge in [0.2, 0.25) is 0 Å². The number of benzene rings is 2. The van der Waals surface area contributed by atoms with Gasteiger partial charge in [-0.1, -0.05) is 11.6 Å². The van der Waals surface area contributed by atoms with E-state index in [1.165, 1.54) is 0 Å². The molecule has 6 heteroatoms. The van der Waals surface area contributed by atoms with Crippen LogP contribution in [0, 0.1) is 0 Å². The molecule has 0 aliphatic heterocycles. The molecular formula is C13H9BrClN3S. The number of nitrogens with two attached hydrogens (primary N) is 1. The summed E-state index contributed by atoms with van der Waals surface area (Å²) in [4.78, 5) is 4.28. The zero-order chi connectivity index (χ0) is 13.4. The number of nitrogens with zero attached hydrogens (tertiary/aromatic N) is 1. The van der Waals surface area contributed by atoms with Gasteiger partial charge in [0.1, 0.15) is 5.52 Å². The van der Waals surface area contributed by atoms with Crippen molar-refractivity contribution in [2.45, 2.75) is 0 Å². The van der Waals surface area contributed by atoms with Crippen LogP contribution in [-0.4, -0.2) is 4.98 Å². The fraction of sp³-hybridized carbons (Fsp3) is 0. The SMILES string of the molecule is Nc1c(Nc2cc(Cl)ccc2Br)ccc2scnc12. The number of nitrogens with one attached hydrogen (secondary N) is 1. The van der Waals surface area contributed by atoms with Gasteiger partial charge in [0.05, 0.1) is 27.3 Å². The number of fused-ring (bicyclic) bond motifs is 1. The number of nitrogen functional groups attached to an aromatic ring is 1. The van der Waals surface area contributed by atoms with Crippen molar-refractivity contribution in [1.82, 2.24) is 4.98 Å². The molecule has 0 aliphatic carbocycles. The largest absolute Gasteiger partial charge is 0.395 e. The van der Waals surface area contributed by atoms with Crippen LogP contribution in [0.5, 0.6) is 0 Å². The van der Waals surface area contributed by atoms with Crippen molar-refractivity contribution in [3.05, 3.63) is 45.3 Å². The summed E-state index contributed by atoms with van der Waals surface area (Å²) in [7, 11) is 0. The fourth-order valence-electron chi connectivity index (χ4n) is 1.80. The van der Waals surface area contributed by atoms with E-state index in [1.807, 2.05) is 30.3 Å². The summed E-state index contributed by atoms with van der Waals surface area (Å²) in [5.74, 6) is 0. The second-order valence-corrected chi connectivity index (χ2v) is 6.15. The van der Waals surface area contributed by atoms with Crippen molar-refractivity contribution in [2.75, 3.05) is 11.1 Å². The average Bonchev–Trinajstić information content (AvgIpc) is 2.86. The van der Waals surface area contributed by atoms with E-state index in [1.54, 1.807) is 16.8 Å². The Bertz CT molecular complexity index is 757. The molecule has 0 amide bonds. The van der Waals surface area contributed by atoms with Gasteiger partial charge in [0.25, 0.3) is 0 Å². The Labute approximate surface area is 127 Å². The van der Waals surface area contributed by atoms with E-state index < -0.39 is 0 Å². The molecule has 0 unspecified atom stereocenters. The van der Waals surface area contributed by atoms with E-state index in [0.717, 1.165) is 26.1 Å². The van der Waals surface area contributed by atoms with E-state index in [4.69, 9.17) is 17.3 Å². The molecule has 0 radical (unpaired) electrons. The third-order valence-electron chi connectivity index (χ3n) is 2.74. The Morgan fingerprint density at radius 3 is 2.89 bits per heavy atom. The van der Waals surface area contributed by atoms with Gasteiger partial charge >= 0.3 is 0 Å². The van der Waals surface area contributed by atoms with Gasteiger partial charge in [0, 0.05) is 9.50 Å². The maximum absolute atomic E-state index is 6.13.